The number of anilines is 1. The Hall–Kier alpha value is -1.46. The Morgan fingerprint density at radius 1 is 1.39 bits per heavy atom. The van der Waals surface area contributed by atoms with Crippen molar-refractivity contribution in [2.24, 2.45) is 5.92 Å². The second kappa shape index (κ2) is 5.46. The Morgan fingerprint density at radius 3 is 2.83 bits per heavy atom. The first-order chi connectivity index (χ1) is 8.61. The number of amides is 1. The van der Waals surface area contributed by atoms with Crippen molar-refractivity contribution < 1.29 is 9.53 Å². The fourth-order valence-corrected chi connectivity index (χ4v) is 2.14. The van der Waals surface area contributed by atoms with Gasteiger partial charge in [0.1, 0.15) is 0 Å². The molecule has 0 bridgehead atoms. The standard InChI is InChI=1S/C13H19N3O2/c1-8-4-5-11(9(2)15-8)16-13(17)10-6-18-7-12(10)14-3/h4-5,10,12,14H,6-7H2,1-3H3,(H,16,17). The van der Waals surface area contributed by atoms with E-state index < -0.39 is 0 Å². The van der Waals surface area contributed by atoms with E-state index in [2.05, 4.69) is 15.6 Å². The smallest absolute Gasteiger partial charge is 0.231 e. The number of hydrogen-bond acceptors (Lipinski definition) is 4. The number of aryl methyl sites for hydroxylation is 2. The van der Waals surface area contributed by atoms with Gasteiger partial charge in [-0.05, 0) is 33.0 Å². The first-order valence-electron chi connectivity index (χ1n) is 6.12. The lowest BCUT2D eigenvalue weighted by atomic mass is 10.0. The Kier molecular flexibility index (Phi) is 3.93. The van der Waals surface area contributed by atoms with Crippen LogP contribution in [-0.4, -0.2) is 37.2 Å². The zero-order valence-corrected chi connectivity index (χ0v) is 11.0. The molecule has 2 atom stereocenters. The highest BCUT2D eigenvalue weighted by atomic mass is 16.5. The highest BCUT2D eigenvalue weighted by Gasteiger charge is 2.33. The van der Waals surface area contributed by atoms with Crippen molar-refractivity contribution in [1.29, 1.82) is 0 Å². The minimum atomic E-state index is -0.143. The molecule has 5 heteroatoms. The minimum absolute atomic E-state index is 0.0133. The molecule has 0 saturated carbocycles. The summed E-state index contributed by atoms with van der Waals surface area (Å²) in [5.41, 5.74) is 2.55. The summed E-state index contributed by atoms with van der Waals surface area (Å²) >= 11 is 0. The molecule has 0 radical (unpaired) electrons. The van der Waals surface area contributed by atoms with Crippen LogP contribution >= 0.6 is 0 Å². The lowest BCUT2D eigenvalue weighted by Crippen LogP contribution is -2.39. The molecule has 0 spiro atoms. The van der Waals surface area contributed by atoms with Gasteiger partial charge < -0.3 is 15.4 Å². The number of rotatable bonds is 3. The maximum atomic E-state index is 12.2. The summed E-state index contributed by atoms with van der Waals surface area (Å²) in [5.74, 6) is -0.156. The third-order valence-electron chi connectivity index (χ3n) is 3.27. The predicted octanol–water partition coefficient (Wildman–Crippen LogP) is 0.871. The monoisotopic (exact) mass is 249 g/mol. The van der Waals surface area contributed by atoms with E-state index in [1.165, 1.54) is 0 Å². The number of ether oxygens (including phenoxy) is 1. The summed E-state index contributed by atoms with van der Waals surface area (Å²) < 4.78 is 5.33. The van der Waals surface area contributed by atoms with Crippen molar-refractivity contribution in [2.45, 2.75) is 19.9 Å². The molecule has 5 nitrogen and oxygen atoms in total. The lowest BCUT2D eigenvalue weighted by molar-refractivity contribution is -0.120. The van der Waals surface area contributed by atoms with Gasteiger partial charge in [-0.25, -0.2) is 0 Å². The van der Waals surface area contributed by atoms with Crippen molar-refractivity contribution in [1.82, 2.24) is 10.3 Å². The molecule has 1 aromatic heterocycles. The van der Waals surface area contributed by atoms with Gasteiger partial charge in [0.2, 0.25) is 5.91 Å². The minimum Gasteiger partial charge on any atom is -0.379 e. The predicted molar refractivity (Wildman–Crippen MR) is 69.5 cm³/mol. The molecule has 2 N–H and O–H groups in total. The van der Waals surface area contributed by atoms with Crippen molar-refractivity contribution in [3.63, 3.8) is 0 Å². The van der Waals surface area contributed by atoms with Crippen LogP contribution in [0.4, 0.5) is 5.69 Å². The molecule has 1 amide bonds. The van der Waals surface area contributed by atoms with Crippen LogP contribution in [0, 0.1) is 19.8 Å². The molecule has 1 fully saturated rings. The van der Waals surface area contributed by atoms with Crippen LogP contribution in [0.15, 0.2) is 12.1 Å². The Balaban J connectivity index is 2.07. The van der Waals surface area contributed by atoms with E-state index in [9.17, 15) is 4.79 Å². The zero-order valence-electron chi connectivity index (χ0n) is 11.0. The molecule has 1 aliphatic rings. The van der Waals surface area contributed by atoms with E-state index in [1.807, 2.05) is 33.0 Å². The van der Waals surface area contributed by atoms with Crippen LogP contribution in [-0.2, 0) is 9.53 Å². The summed E-state index contributed by atoms with van der Waals surface area (Å²) in [4.78, 5) is 16.5. The van der Waals surface area contributed by atoms with Gasteiger partial charge in [0, 0.05) is 11.7 Å². The van der Waals surface area contributed by atoms with Gasteiger partial charge in [-0.15, -0.1) is 0 Å². The van der Waals surface area contributed by atoms with Crippen LogP contribution in [0.5, 0.6) is 0 Å². The second-order valence-electron chi connectivity index (χ2n) is 4.61. The topological polar surface area (TPSA) is 63.2 Å². The molecule has 2 rings (SSSR count). The van der Waals surface area contributed by atoms with Crippen molar-refractivity contribution in [3.8, 4) is 0 Å². The normalized spacial score (nSPS) is 23.1. The average molecular weight is 249 g/mol. The highest BCUT2D eigenvalue weighted by Crippen LogP contribution is 2.18. The number of likely N-dealkylation sites (N-methyl/N-ethyl adjacent to an activating group) is 1. The van der Waals surface area contributed by atoms with Crippen LogP contribution in [0.1, 0.15) is 11.4 Å². The molecular weight excluding hydrogens is 230 g/mol. The van der Waals surface area contributed by atoms with Crippen molar-refractivity contribution >= 4 is 11.6 Å². The van der Waals surface area contributed by atoms with Gasteiger partial charge in [0.15, 0.2) is 0 Å². The van der Waals surface area contributed by atoms with Gasteiger partial charge >= 0.3 is 0 Å². The molecule has 2 unspecified atom stereocenters. The van der Waals surface area contributed by atoms with E-state index in [0.717, 1.165) is 17.1 Å². The van der Waals surface area contributed by atoms with Gasteiger partial charge in [-0.2, -0.15) is 0 Å². The van der Waals surface area contributed by atoms with Crippen LogP contribution in [0.2, 0.25) is 0 Å². The first-order valence-corrected chi connectivity index (χ1v) is 6.12. The van der Waals surface area contributed by atoms with Crippen LogP contribution in [0.25, 0.3) is 0 Å². The summed E-state index contributed by atoms with van der Waals surface area (Å²) in [6, 6.07) is 3.87. The Morgan fingerprint density at radius 2 is 2.17 bits per heavy atom. The van der Waals surface area contributed by atoms with Gasteiger partial charge in [0.05, 0.1) is 30.5 Å². The lowest BCUT2D eigenvalue weighted by Gasteiger charge is -2.17. The number of carbonyl (C=O) groups is 1. The average Bonchev–Trinajstić information content (AvgIpc) is 2.81. The summed E-state index contributed by atoms with van der Waals surface area (Å²) in [7, 11) is 1.85. The van der Waals surface area contributed by atoms with E-state index in [4.69, 9.17) is 4.74 Å². The molecule has 1 aliphatic heterocycles. The fraction of sp³-hybridized carbons (Fsp3) is 0.538. The van der Waals surface area contributed by atoms with Crippen molar-refractivity contribution in [3.05, 3.63) is 23.5 Å². The maximum absolute atomic E-state index is 12.2. The molecule has 1 saturated heterocycles. The number of pyridine rings is 1. The van der Waals surface area contributed by atoms with E-state index in [0.29, 0.717) is 13.2 Å². The Bertz CT molecular complexity index is 448. The maximum Gasteiger partial charge on any atom is 0.231 e. The molecule has 2 heterocycles. The van der Waals surface area contributed by atoms with Gasteiger partial charge in [-0.1, -0.05) is 0 Å². The highest BCUT2D eigenvalue weighted by molar-refractivity contribution is 5.93. The zero-order chi connectivity index (χ0) is 13.1. The third kappa shape index (κ3) is 2.68. The fourth-order valence-electron chi connectivity index (χ4n) is 2.14. The molecular formula is C13H19N3O2. The first kappa shape index (κ1) is 13.0. The van der Waals surface area contributed by atoms with Gasteiger partial charge in [-0.3, -0.25) is 9.78 Å². The van der Waals surface area contributed by atoms with E-state index >= 15 is 0 Å². The number of hydrogen-bond donors (Lipinski definition) is 2. The summed E-state index contributed by atoms with van der Waals surface area (Å²) in [5, 5.41) is 6.03. The number of nitrogens with zero attached hydrogens (tertiary/aromatic N) is 1. The number of carbonyl (C=O) groups excluding carboxylic acids is 1. The third-order valence-corrected chi connectivity index (χ3v) is 3.27. The van der Waals surface area contributed by atoms with Crippen LogP contribution < -0.4 is 10.6 Å². The second-order valence-corrected chi connectivity index (χ2v) is 4.61. The van der Waals surface area contributed by atoms with E-state index in [1.54, 1.807) is 0 Å². The van der Waals surface area contributed by atoms with E-state index in [-0.39, 0.29) is 17.9 Å². The quantitative estimate of drug-likeness (QED) is 0.834. The van der Waals surface area contributed by atoms with Crippen molar-refractivity contribution in [2.75, 3.05) is 25.6 Å². The molecule has 18 heavy (non-hydrogen) atoms. The van der Waals surface area contributed by atoms with Crippen LogP contribution in [0.3, 0.4) is 0 Å². The largest absolute Gasteiger partial charge is 0.379 e. The van der Waals surface area contributed by atoms with Gasteiger partial charge in [0.25, 0.3) is 0 Å². The summed E-state index contributed by atoms with van der Waals surface area (Å²) in [6.07, 6.45) is 0. The Labute approximate surface area is 107 Å². The molecule has 1 aromatic rings. The molecule has 0 aliphatic carbocycles. The summed E-state index contributed by atoms with van der Waals surface area (Å²) in [6.45, 7) is 4.87. The molecule has 98 valence electrons. The SMILES string of the molecule is CNC1COCC1C(=O)Nc1ccc(C)nc1C. The number of aromatic nitrogens is 1. The molecule has 0 aromatic carbocycles. The number of nitrogens with one attached hydrogen (secondary N) is 2.